The van der Waals surface area contributed by atoms with E-state index in [1.165, 1.54) is 11.1 Å². The molecule has 4 nitrogen and oxygen atoms in total. The maximum absolute atomic E-state index is 8.74. The number of benzene rings is 1. The molecule has 1 aromatic carbocycles. The molecule has 0 fully saturated rings. The van der Waals surface area contributed by atoms with Gasteiger partial charge in [0.2, 0.25) is 0 Å². The zero-order valence-corrected chi connectivity index (χ0v) is 10.7. The van der Waals surface area contributed by atoms with Crippen LogP contribution in [0.3, 0.4) is 0 Å². The molecular weight excluding hydrogens is 224 g/mol. The third-order valence-electron chi connectivity index (χ3n) is 2.75. The summed E-state index contributed by atoms with van der Waals surface area (Å²) in [4.78, 5) is 2.22. The topological polar surface area (TPSA) is 44.9 Å². The van der Waals surface area contributed by atoms with Crippen molar-refractivity contribution in [2.24, 2.45) is 7.05 Å². The van der Waals surface area contributed by atoms with Crippen LogP contribution < -0.4 is 0 Å². The molecule has 0 radical (unpaired) electrons. The molecule has 1 heterocycles. The molecule has 0 atom stereocenters. The van der Waals surface area contributed by atoms with Crippen molar-refractivity contribution in [1.29, 1.82) is 5.26 Å². The molecule has 0 unspecified atom stereocenters. The van der Waals surface area contributed by atoms with Gasteiger partial charge in [-0.05, 0) is 24.7 Å². The predicted molar refractivity (Wildman–Crippen MR) is 69.5 cm³/mol. The van der Waals surface area contributed by atoms with E-state index in [4.69, 9.17) is 5.26 Å². The second kappa shape index (κ2) is 5.48. The third-order valence-corrected chi connectivity index (χ3v) is 2.75. The lowest BCUT2D eigenvalue weighted by Gasteiger charge is -2.15. The highest BCUT2D eigenvalue weighted by Gasteiger charge is 2.03. The van der Waals surface area contributed by atoms with Crippen molar-refractivity contribution in [3.05, 3.63) is 53.3 Å². The molecule has 0 N–H and O–H groups in total. The first-order valence-corrected chi connectivity index (χ1v) is 5.82. The van der Waals surface area contributed by atoms with Crippen molar-refractivity contribution < 1.29 is 0 Å². The van der Waals surface area contributed by atoms with E-state index in [1.807, 2.05) is 48.4 Å². The molecule has 4 heteroatoms. The highest BCUT2D eigenvalue weighted by Crippen LogP contribution is 2.08. The first kappa shape index (κ1) is 12.3. The van der Waals surface area contributed by atoms with Gasteiger partial charge in [0.1, 0.15) is 0 Å². The summed E-state index contributed by atoms with van der Waals surface area (Å²) in [7, 11) is 4.00. The lowest BCUT2D eigenvalue weighted by molar-refractivity contribution is 0.319. The lowest BCUT2D eigenvalue weighted by atomic mass is 10.1. The molecule has 0 aliphatic carbocycles. The summed E-state index contributed by atoms with van der Waals surface area (Å²) in [5.74, 6) is 0. The van der Waals surface area contributed by atoms with Gasteiger partial charge >= 0.3 is 0 Å². The van der Waals surface area contributed by atoms with Gasteiger partial charge in [0.15, 0.2) is 0 Å². The fraction of sp³-hybridized carbons (Fsp3) is 0.286. The maximum atomic E-state index is 8.74. The van der Waals surface area contributed by atoms with E-state index in [0.29, 0.717) is 5.56 Å². The molecule has 2 rings (SSSR count). The summed E-state index contributed by atoms with van der Waals surface area (Å²) in [6.07, 6.45) is 3.91. The Hall–Kier alpha value is -2.12. The zero-order chi connectivity index (χ0) is 13.0. The number of rotatable bonds is 4. The van der Waals surface area contributed by atoms with Crippen molar-refractivity contribution in [2.45, 2.75) is 13.1 Å². The highest BCUT2D eigenvalue weighted by atomic mass is 15.2. The van der Waals surface area contributed by atoms with E-state index in [2.05, 4.69) is 23.1 Å². The van der Waals surface area contributed by atoms with E-state index < -0.39 is 0 Å². The molecule has 0 saturated carbocycles. The molecule has 0 aliphatic heterocycles. The van der Waals surface area contributed by atoms with Crippen LogP contribution in [-0.2, 0) is 20.1 Å². The normalized spacial score (nSPS) is 10.6. The lowest BCUT2D eigenvalue weighted by Crippen LogP contribution is -2.16. The van der Waals surface area contributed by atoms with Gasteiger partial charge in [0.05, 0.1) is 17.8 Å². The molecule has 0 aliphatic rings. The van der Waals surface area contributed by atoms with Gasteiger partial charge in [-0.3, -0.25) is 9.58 Å². The van der Waals surface area contributed by atoms with Gasteiger partial charge in [-0.2, -0.15) is 10.4 Å². The second-order valence-electron chi connectivity index (χ2n) is 4.50. The minimum Gasteiger partial charge on any atom is -0.298 e. The molecule has 1 aromatic heterocycles. The Labute approximate surface area is 107 Å². The fourth-order valence-corrected chi connectivity index (χ4v) is 1.92. The number of aryl methyl sites for hydroxylation is 1. The largest absolute Gasteiger partial charge is 0.298 e. The summed E-state index contributed by atoms with van der Waals surface area (Å²) < 4.78 is 1.81. The number of hydrogen-bond acceptors (Lipinski definition) is 3. The number of hydrogen-bond donors (Lipinski definition) is 0. The van der Waals surface area contributed by atoms with Crippen LogP contribution in [0.15, 0.2) is 36.7 Å². The van der Waals surface area contributed by atoms with Gasteiger partial charge in [0, 0.05) is 31.9 Å². The van der Waals surface area contributed by atoms with Gasteiger partial charge in [-0.1, -0.05) is 12.1 Å². The number of nitriles is 1. The van der Waals surface area contributed by atoms with Crippen LogP contribution in [0.5, 0.6) is 0 Å². The monoisotopic (exact) mass is 240 g/mol. The SMILES string of the molecule is CN(Cc1ccc(C#N)cc1)Cc1cnn(C)c1. The summed E-state index contributed by atoms with van der Waals surface area (Å²) in [5, 5.41) is 12.9. The Kier molecular flexibility index (Phi) is 3.75. The van der Waals surface area contributed by atoms with E-state index in [0.717, 1.165) is 13.1 Å². The van der Waals surface area contributed by atoms with E-state index in [9.17, 15) is 0 Å². The highest BCUT2D eigenvalue weighted by molar-refractivity contribution is 5.31. The minimum absolute atomic E-state index is 0.702. The van der Waals surface area contributed by atoms with Crippen molar-refractivity contribution in [1.82, 2.24) is 14.7 Å². The molecule has 0 spiro atoms. The molecule has 2 aromatic rings. The average Bonchev–Trinajstić information content (AvgIpc) is 2.75. The van der Waals surface area contributed by atoms with E-state index in [1.54, 1.807) is 0 Å². The van der Waals surface area contributed by atoms with Crippen LogP contribution in [0.1, 0.15) is 16.7 Å². The second-order valence-corrected chi connectivity index (χ2v) is 4.50. The first-order valence-electron chi connectivity index (χ1n) is 5.82. The molecule has 0 amide bonds. The van der Waals surface area contributed by atoms with Crippen molar-refractivity contribution in [3.63, 3.8) is 0 Å². The van der Waals surface area contributed by atoms with Crippen LogP contribution in [0.25, 0.3) is 0 Å². The fourth-order valence-electron chi connectivity index (χ4n) is 1.92. The van der Waals surface area contributed by atoms with Crippen molar-refractivity contribution >= 4 is 0 Å². The zero-order valence-electron chi connectivity index (χ0n) is 10.7. The van der Waals surface area contributed by atoms with Crippen LogP contribution in [-0.4, -0.2) is 21.7 Å². The average molecular weight is 240 g/mol. The summed E-state index contributed by atoms with van der Waals surface area (Å²) in [6, 6.07) is 9.83. The predicted octanol–water partition coefficient (Wildman–Crippen LogP) is 1.92. The summed E-state index contributed by atoms with van der Waals surface area (Å²) >= 11 is 0. The Morgan fingerprint density at radius 3 is 2.44 bits per heavy atom. The summed E-state index contributed by atoms with van der Waals surface area (Å²) in [6.45, 7) is 1.73. The Balaban J connectivity index is 1.94. The Bertz CT molecular complexity index is 548. The van der Waals surface area contributed by atoms with Crippen molar-refractivity contribution in [3.8, 4) is 6.07 Å². The first-order chi connectivity index (χ1) is 8.67. The van der Waals surface area contributed by atoms with Gasteiger partial charge in [-0.25, -0.2) is 0 Å². The van der Waals surface area contributed by atoms with Gasteiger partial charge < -0.3 is 0 Å². The van der Waals surface area contributed by atoms with Crippen LogP contribution in [0, 0.1) is 11.3 Å². The van der Waals surface area contributed by atoms with Gasteiger partial charge in [0.25, 0.3) is 0 Å². The van der Waals surface area contributed by atoms with Gasteiger partial charge in [-0.15, -0.1) is 0 Å². The number of aromatic nitrogens is 2. The molecule has 0 saturated heterocycles. The van der Waals surface area contributed by atoms with E-state index >= 15 is 0 Å². The van der Waals surface area contributed by atoms with Crippen LogP contribution in [0.4, 0.5) is 0 Å². The Morgan fingerprint density at radius 2 is 1.89 bits per heavy atom. The molecular formula is C14H16N4. The molecule has 18 heavy (non-hydrogen) atoms. The Morgan fingerprint density at radius 1 is 1.22 bits per heavy atom. The third kappa shape index (κ3) is 3.19. The quantitative estimate of drug-likeness (QED) is 0.820. The van der Waals surface area contributed by atoms with E-state index in [-0.39, 0.29) is 0 Å². The van der Waals surface area contributed by atoms with Crippen LogP contribution >= 0.6 is 0 Å². The molecule has 0 bridgehead atoms. The summed E-state index contributed by atoms with van der Waals surface area (Å²) in [5.41, 5.74) is 3.11. The maximum Gasteiger partial charge on any atom is 0.0991 e. The minimum atomic E-state index is 0.702. The van der Waals surface area contributed by atoms with Crippen molar-refractivity contribution in [2.75, 3.05) is 7.05 Å². The van der Waals surface area contributed by atoms with Crippen LogP contribution in [0.2, 0.25) is 0 Å². The smallest absolute Gasteiger partial charge is 0.0991 e. The number of nitrogens with zero attached hydrogens (tertiary/aromatic N) is 4. The standard InChI is InChI=1S/C14H16N4/c1-17(10-14-8-16-18(2)11-14)9-13-5-3-12(7-15)4-6-13/h3-6,8,11H,9-10H2,1-2H3. The molecule has 92 valence electrons.